The van der Waals surface area contributed by atoms with Gasteiger partial charge in [-0.3, -0.25) is 4.90 Å². The maximum Gasteiger partial charge on any atom is 0.179 e. The van der Waals surface area contributed by atoms with Crippen molar-refractivity contribution in [3.8, 4) is 0 Å². The summed E-state index contributed by atoms with van der Waals surface area (Å²) in [4.78, 5) is 6.80. The van der Waals surface area contributed by atoms with Crippen LogP contribution in [0.5, 0.6) is 0 Å². The average molecular weight is 349 g/mol. The maximum absolute atomic E-state index is 11.9. The summed E-state index contributed by atoms with van der Waals surface area (Å²) < 4.78 is 29.7. The normalized spacial score (nSPS) is 17.1. The van der Waals surface area contributed by atoms with Crippen LogP contribution in [0.25, 0.3) is 0 Å². The molecule has 1 fully saturated rings. The van der Waals surface area contributed by atoms with Gasteiger partial charge < -0.3 is 9.73 Å². The van der Waals surface area contributed by atoms with Crippen LogP contribution in [0.15, 0.2) is 39.8 Å². The Morgan fingerprint density at radius 1 is 1.29 bits per heavy atom. The van der Waals surface area contributed by atoms with Crippen molar-refractivity contribution in [2.24, 2.45) is 0 Å². The zero-order valence-corrected chi connectivity index (χ0v) is 14.8. The molecule has 3 heterocycles. The zero-order valence-electron chi connectivity index (χ0n) is 14.0. The van der Waals surface area contributed by atoms with E-state index in [1.54, 1.807) is 18.3 Å². The molecule has 2 aromatic rings. The van der Waals surface area contributed by atoms with Crippen molar-refractivity contribution in [1.82, 2.24) is 9.88 Å². The lowest BCUT2D eigenvalue weighted by molar-refractivity contribution is 0.223. The van der Waals surface area contributed by atoms with E-state index in [2.05, 4.69) is 15.2 Å². The fourth-order valence-corrected chi connectivity index (χ4v) is 3.91. The molecule has 0 radical (unpaired) electrons. The van der Waals surface area contributed by atoms with E-state index in [0.29, 0.717) is 12.4 Å². The number of likely N-dealkylation sites (tertiary alicyclic amines) is 1. The molecule has 6 nitrogen and oxygen atoms in total. The Bertz CT molecular complexity index is 795. The van der Waals surface area contributed by atoms with Crippen molar-refractivity contribution in [3.63, 3.8) is 0 Å². The third-order valence-corrected chi connectivity index (χ3v) is 5.43. The van der Waals surface area contributed by atoms with Crippen molar-refractivity contribution in [1.29, 1.82) is 0 Å². The summed E-state index contributed by atoms with van der Waals surface area (Å²) in [6.45, 7) is 4.52. The van der Waals surface area contributed by atoms with Gasteiger partial charge in [0.2, 0.25) is 0 Å². The number of nitrogens with zero attached hydrogens (tertiary/aromatic N) is 2. The molecule has 3 rings (SSSR count). The number of nitrogens with one attached hydrogen (secondary N) is 1. The lowest BCUT2D eigenvalue weighted by Gasteiger charge is -2.26. The minimum absolute atomic E-state index is 0.0654. The summed E-state index contributed by atoms with van der Waals surface area (Å²) in [7, 11) is -3.32. The first-order valence-corrected chi connectivity index (χ1v) is 10.0. The Morgan fingerprint density at radius 3 is 2.67 bits per heavy atom. The number of anilines is 1. The van der Waals surface area contributed by atoms with Crippen molar-refractivity contribution < 1.29 is 12.8 Å². The molecule has 0 saturated carbocycles. The lowest BCUT2D eigenvalue weighted by atomic mass is 10.2. The van der Waals surface area contributed by atoms with Gasteiger partial charge in [0.25, 0.3) is 0 Å². The maximum atomic E-state index is 11.9. The van der Waals surface area contributed by atoms with E-state index in [4.69, 9.17) is 4.42 Å². The fraction of sp³-hybridized carbons (Fsp3) is 0.471. The molecule has 1 saturated heterocycles. The summed E-state index contributed by atoms with van der Waals surface area (Å²) in [6.07, 6.45) is 5.14. The van der Waals surface area contributed by atoms with Gasteiger partial charge in [0.1, 0.15) is 22.2 Å². The molecule has 0 amide bonds. The molecule has 7 heteroatoms. The molecule has 1 N–H and O–H groups in total. The number of aryl methyl sites for hydroxylation is 1. The lowest BCUT2D eigenvalue weighted by Crippen LogP contribution is -2.31. The van der Waals surface area contributed by atoms with E-state index in [1.807, 2.05) is 19.1 Å². The molecule has 24 heavy (non-hydrogen) atoms. The molecule has 0 unspecified atom stereocenters. The molecule has 1 aliphatic heterocycles. The van der Waals surface area contributed by atoms with E-state index in [1.165, 1.54) is 19.1 Å². The first-order chi connectivity index (χ1) is 11.4. The van der Waals surface area contributed by atoms with E-state index >= 15 is 0 Å². The summed E-state index contributed by atoms with van der Waals surface area (Å²) in [6, 6.07) is 7.23. The first kappa shape index (κ1) is 17.0. The second-order valence-electron chi connectivity index (χ2n) is 6.21. The van der Waals surface area contributed by atoms with E-state index in [-0.39, 0.29) is 10.9 Å². The van der Waals surface area contributed by atoms with Crippen LogP contribution in [0.3, 0.4) is 0 Å². The smallest absolute Gasteiger partial charge is 0.179 e. The number of aromatic nitrogens is 1. The number of hydrogen-bond donors (Lipinski definition) is 1. The van der Waals surface area contributed by atoms with E-state index in [0.717, 1.165) is 24.6 Å². The second kappa shape index (κ2) is 6.94. The third-order valence-electron chi connectivity index (χ3n) is 4.30. The predicted octanol–water partition coefficient (Wildman–Crippen LogP) is 2.64. The Balaban J connectivity index is 1.82. The van der Waals surface area contributed by atoms with Gasteiger partial charge >= 0.3 is 0 Å². The van der Waals surface area contributed by atoms with E-state index in [9.17, 15) is 8.42 Å². The Labute approximate surface area is 142 Å². The van der Waals surface area contributed by atoms with Crippen LogP contribution in [-0.2, 0) is 9.84 Å². The van der Waals surface area contributed by atoms with Crippen LogP contribution in [0.2, 0.25) is 0 Å². The largest absolute Gasteiger partial charge is 0.465 e. The minimum Gasteiger partial charge on any atom is -0.465 e. The number of pyridine rings is 1. The van der Waals surface area contributed by atoms with Gasteiger partial charge in [-0.25, -0.2) is 13.4 Å². The Hall–Kier alpha value is -1.86. The molecule has 130 valence electrons. The van der Waals surface area contributed by atoms with Crippen molar-refractivity contribution in [2.75, 3.05) is 31.2 Å². The average Bonchev–Trinajstić information content (AvgIpc) is 3.19. The highest BCUT2D eigenvalue weighted by Gasteiger charge is 2.26. The van der Waals surface area contributed by atoms with Crippen molar-refractivity contribution >= 4 is 15.7 Å². The van der Waals surface area contributed by atoms with Gasteiger partial charge in [-0.05, 0) is 57.1 Å². The molecular weight excluding hydrogens is 326 g/mol. The van der Waals surface area contributed by atoms with Crippen molar-refractivity contribution in [3.05, 3.63) is 42.0 Å². The van der Waals surface area contributed by atoms with Gasteiger partial charge in [-0.15, -0.1) is 0 Å². The number of hydrogen-bond acceptors (Lipinski definition) is 6. The standard InChI is InChI=1S/C17H23N3O3S/c1-13-7-8-15(23-13)14(20-10-3-4-11-20)12-19-17-16(24(2,21)22)6-5-9-18-17/h5-9,14H,3-4,10-12H2,1-2H3,(H,18,19)/t14-/m0/s1. The molecule has 1 atom stereocenters. The monoisotopic (exact) mass is 349 g/mol. The Morgan fingerprint density at radius 2 is 2.04 bits per heavy atom. The zero-order chi connectivity index (χ0) is 17.2. The SMILES string of the molecule is Cc1ccc([C@H](CNc2ncccc2S(C)(=O)=O)N2CCCC2)o1. The molecular formula is C17H23N3O3S. The summed E-state index contributed by atoms with van der Waals surface area (Å²) in [5, 5.41) is 3.21. The fourth-order valence-electron chi connectivity index (χ4n) is 3.11. The topological polar surface area (TPSA) is 75.4 Å². The second-order valence-corrected chi connectivity index (χ2v) is 8.19. The molecule has 0 aromatic carbocycles. The van der Waals surface area contributed by atoms with Crippen LogP contribution in [0.1, 0.15) is 30.4 Å². The minimum atomic E-state index is -3.32. The molecule has 0 spiro atoms. The highest BCUT2D eigenvalue weighted by Crippen LogP contribution is 2.28. The van der Waals surface area contributed by atoms with Gasteiger partial charge in [0, 0.05) is 19.0 Å². The molecule has 0 aliphatic carbocycles. The summed E-state index contributed by atoms with van der Waals surface area (Å²) in [5.74, 6) is 2.18. The number of rotatable bonds is 6. The van der Waals surface area contributed by atoms with Crippen LogP contribution >= 0.6 is 0 Å². The van der Waals surface area contributed by atoms with Crippen molar-refractivity contribution in [2.45, 2.75) is 30.7 Å². The quantitative estimate of drug-likeness (QED) is 0.864. The number of furan rings is 1. The van der Waals surface area contributed by atoms with Gasteiger partial charge in [0.05, 0.1) is 6.04 Å². The van der Waals surface area contributed by atoms with Gasteiger partial charge in [-0.2, -0.15) is 0 Å². The predicted molar refractivity (Wildman–Crippen MR) is 92.8 cm³/mol. The highest BCUT2D eigenvalue weighted by atomic mass is 32.2. The van der Waals surface area contributed by atoms with Gasteiger partial charge in [-0.1, -0.05) is 0 Å². The molecule has 2 aromatic heterocycles. The summed E-state index contributed by atoms with van der Waals surface area (Å²) >= 11 is 0. The summed E-state index contributed by atoms with van der Waals surface area (Å²) in [5.41, 5.74) is 0. The van der Waals surface area contributed by atoms with Gasteiger partial charge in [0.15, 0.2) is 9.84 Å². The number of sulfone groups is 1. The van der Waals surface area contributed by atoms with E-state index < -0.39 is 9.84 Å². The van der Waals surface area contributed by atoms with Crippen LogP contribution in [0, 0.1) is 6.92 Å². The first-order valence-electron chi connectivity index (χ1n) is 8.14. The highest BCUT2D eigenvalue weighted by molar-refractivity contribution is 7.90. The van der Waals surface area contributed by atoms with Crippen LogP contribution in [0.4, 0.5) is 5.82 Å². The Kier molecular flexibility index (Phi) is 4.91. The third kappa shape index (κ3) is 3.79. The van der Waals surface area contributed by atoms with Crippen LogP contribution in [-0.4, -0.2) is 44.2 Å². The van der Waals surface area contributed by atoms with Crippen LogP contribution < -0.4 is 5.32 Å². The molecule has 1 aliphatic rings. The molecule has 0 bridgehead atoms.